The Morgan fingerprint density at radius 3 is 2.58 bits per heavy atom. The molecule has 2 aromatic carbocycles. The molecule has 0 aliphatic heterocycles. The molecule has 33 heavy (non-hydrogen) atoms. The molecule has 4 aromatic rings. The number of carbonyl (C=O) groups excluding carboxylic acids is 1. The van der Waals surface area contributed by atoms with E-state index >= 15 is 0 Å². The predicted molar refractivity (Wildman–Crippen MR) is 129 cm³/mol. The third kappa shape index (κ3) is 5.19. The molecule has 170 valence electrons. The zero-order valence-electron chi connectivity index (χ0n) is 19.6. The number of nitrogens with one attached hydrogen (secondary N) is 1. The third-order valence-corrected chi connectivity index (χ3v) is 5.81. The number of carbonyl (C=O) groups is 1. The molecule has 0 fully saturated rings. The van der Waals surface area contributed by atoms with Crippen molar-refractivity contribution in [2.45, 2.75) is 46.7 Å². The molecule has 7 heteroatoms. The molecule has 1 amide bonds. The Balaban J connectivity index is 1.57. The molecular formula is C26H30N6O. The Labute approximate surface area is 194 Å². The fraction of sp³-hybridized carbons (Fsp3) is 0.308. The maximum absolute atomic E-state index is 13.2. The van der Waals surface area contributed by atoms with Crippen molar-refractivity contribution in [3.8, 4) is 11.3 Å². The van der Waals surface area contributed by atoms with Crippen LogP contribution < -0.4 is 5.32 Å². The van der Waals surface area contributed by atoms with Crippen LogP contribution in [0.2, 0.25) is 0 Å². The molecule has 0 atom stereocenters. The van der Waals surface area contributed by atoms with Crippen LogP contribution in [0.25, 0.3) is 11.3 Å². The molecule has 1 N–H and O–H groups in total. The van der Waals surface area contributed by atoms with Crippen LogP contribution in [0.1, 0.15) is 52.8 Å². The highest BCUT2D eigenvalue weighted by molar-refractivity contribution is 5.99. The summed E-state index contributed by atoms with van der Waals surface area (Å²) in [5.74, 6) is 0.720. The molecule has 0 aliphatic carbocycles. The van der Waals surface area contributed by atoms with Gasteiger partial charge in [0, 0.05) is 30.8 Å². The molecule has 0 unspecified atom stereocenters. The molecule has 4 rings (SSSR count). The Morgan fingerprint density at radius 2 is 1.85 bits per heavy atom. The number of hydrogen-bond acceptors (Lipinski definition) is 4. The van der Waals surface area contributed by atoms with Gasteiger partial charge in [-0.25, -0.2) is 0 Å². The summed E-state index contributed by atoms with van der Waals surface area (Å²) in [5, 5.41) is 16.0. The smallest absolute Gasteiger partial charge is 0.255 e. The minimum absolute atomic E-state index is 0.141. The van der Waals surface area contributed by atoms with Gasteiger partial charge in [0.05, 0.1) is 12.1 Å². The lowest BCUT2D eigenvalue weighted by Gasteiger charge is -2.10. The lowest BCUT2D eigenvalue weighted by Crippen LogP contribution is -2.26. The summed E-state index contributed by atoms with van der Waals surface area (Å²) in [6.07, 6.45) is 4.18. The van der Waals surface area contributed by atoms with Gasteiger partial charge in [-0.05, 0) is 50.5 Å². The fourth-order valence-corrected chi connectivity index (χ4v) is 3.80. The Bertz CT molecular complexity index is 1240. The fourth-order valence-electron chi connectivity index (χ4n) is 3.80. The molecular weight excluding hydrogens is 412 g/mol. The van der Waals surface area contributed by atoms with Crippen LogP contribution in [0.15, 0.2) is 61.1 Å². The average molecular weight is 443 g/mol. The zero-order valence-corrected chi connectivity index (χ0v) is 19.6. The molecule has 0 saturated carbocycles. The van der Waals surface area contributed by atoms with Crippen molar-refractivity contribution < 1.29 is 4.79 Å². The lowest BCUT2D eigenvalue weighted by atomic mass is 10.0. The van der Waals surface area contributed by atoms with Crippen LogP contribution in [-0.4, -0.2) is 37.0 Å². The SMILES string of the molecule is Cc1ccc(-c2nn(Cc3ccccc3)cc2C(=O)NCCc2nncn2C(C)C)cc1C. The van der Waals surface area contributed by atoms with Crippen LogP contribution in [-0.2, 0) is 13.0 Å². The van der Waals surface area contributed by atoms with Gasteiger partial charge in [0.1, 0.15) is 17.8 Å². The van der Waals surface area contributed by atoms with Gasteiger partial charge in [0.2, 0.25) is 0 Å². The quantitative estimate of drug-likeness (QED) is 0.440. The van der Waals surface area contributed by atoms with Gasteiger partial charge in [-0.2, -0.15) is 5.10 Å². The van der Waals surface area contributed by atoms with Crippen LogP contribution >= 0.6 is 0 Å². The average Bonchev–Trinajstić information content (AvgIpc) is 3.44. The second-order valence-corrected chi connectivity index (χ2v) is 8.63. The van der Waals surface area contributed by atoms with E-state index < -0.39 is 0 Å². The number of hydrogen-bond donors (Lipinski definition) is 1. The van der Waals surface area contributed by atoms with Crippen molar-refractivity contribution >= 4 is 5.91 Å². The third-order valence-electron chi connectivity index (χ3n) is 5.81. The lowest BCUT2D eigenvalue weighted by molar-refractivity contribution is 0.0954. The highest BCUT2D eigenvalue weighted by atomic mass is 16.1. The molecule has 0 bridgehead atoms. The van der Waals surface area contributed by atoms with Gasteiger partial charge in [-0.1, -0.05) is 42.5 Å². The van der Waals surface area contributed by atoms with Gasteiger partial charge in [0.15, 0.2) is 0 Å². The predicted octanol–water partition coefficient (Wildman–Crippen LogP) is 4.36. The van der Waals surface area contributed by atoms with Crippen LogP contribution in [0, 0.1) is 13.8 Å². The summed E-state index contributed by atoms with van der Waals surface area (Å²) in [7, 11) is 0. The maximum atomic E-state index is 13.2. The van der Waals surface area contributed by atoms with E-state index in [0.29, 0.717) is 30.8 Å². The summed E-state index contributed by atoms with van der Waals surface area (Å²) in [6.45, 7) is 9.40. The topological polar surface area (TPSA) is 77.6 Å². The van der Waals surface area contributed by atoms with E-state index in [0.717, 1.165) is 17.0 Å². The van der Waals surface area contributed by atoms with E-state index in [9.17, 15) is 4.79 Å². The van der Waals surface area contributed by atoms with E-state index in [4.69, 9.17) is 5.10 Å². The molecule has 0 aliphatic rings. The number of aryl methyl sites for hydroxylation is 2. The first kappa shape index (κ1) is 22.5. The minimum Gasteiger partial charge on any atom is -0.351 e. The number of rotatable bonds is 8. The van der Waals surface area contributed by atoms with Gasteiger partial charge in [0.25, 0.3) is 5.91 Å². The largest absolute Gasteiger partial charge is 0.351 e. The number of aromatic nitrogens is 5. The number of benzene rings is 2. The number of nitrogens with zero attached hydrogens (tertiary/aromatic N) is 5. The Hall–Kier alpha value is -3.74. The zero-order chi connectivity index (χ0) is 23.4. The Kier molecular flexibility index (Phi) is 6.68. The second kappa shape index (κ2) is 9.81. The molecule has 2 aromatic heterocycles. The van der Waals surface area contributed by atoms with Gasteiger partial charge >= 0.3 is 0 Å². The van der Waals surface area contributed by atoms with Crippen molar-refractivity contribution in [2.75, 3.05) is 6.54 Å². The monoisotopic (exact) mass is 442 g/mol. The van der Waals surface area contributed by atoms with E-state index in [1.54, 1.807) is 6.33 Å². The van der Waals surface area contributed by atoms with Gasteiger partial charge < -0.3 is 9.88 Å². The van der Waals surface area contributed by atoms with Crippen molar-refractivity contribution in [3.05, 3.63) is 89.1 Å². The normalized spacial score (nSPS) is 11.2. The molecule has 0 spiro atoms. The first-order valence-corrected chi connectivity index (χ1v) is 11.3. The first-order chi connectivity index (χ1) is 15.9. The summed E-state index contributed by atoms with van der Waals surface area (Å²) in [6, 6.07) is 16.6. The maximum Gasteiger partial charge on any atom is 0.255 e. The minimum atomic E-state index is -0.141. The van der Waals surface area contributed by atoms with E-state index in [1.165, 1.54) is 11.1 Å². The summed E-state index contributed by atoms with van der Waals surface area (Å²) in [5.41, 5.74) is 5.71. The highest BCUT2D eigenvalue weighted by Crippen LogP contribution is 2.25. The molecule has 0 radical (unpaired) electrons. The first-order valence-electron chi connectivity index (χ1n) is 11.3. The van der Waals surface area contributed by atoms with Gasteiger partial charge in [-0.3, -0.25) is 9.48 Å². The van der Waals surface area contributed by atoms with E-state index in [1.807, 2.05) is 39.7 Å². The van der Waals surface area contributed by atoms with Crippen LogP contribution in [0.5, 0.6) is 0 Å². The van der Waals surface area contributed by atoms with Crippen LogP contribution in [0.4, 0.5) is 0 Å². The standard InChI is InChI=1S/C26H30N6O/c1-18(2)32-17-28-29-24(32)12-13-27-26(33)23-16-31(15-21-8-6-5-7-9-21)30-25(23)22-11-10-19(3)20(4)14-22/h5-11,14,16-18H,12-13,15H2,1-4H3,(H,27,33). The van der Waals surface area contributed by atoms with Gasteiger partial charge in [-0.15, -0.1) is 10.2 Å². The number of amides is 1. The van der Waals surface area contributed by atoms with E-state index in [-0.39, 0.29) is 11.9 Å². The second-order valence-electron chi connectivity index (χ2n) is 8.63. The molecule has 2 heterocycles. The summed E-state index contributed by atoms with van der Waals surface area (Å²) >= 11 is 0. The summed E-state index contributed by atoms with van der Waals surface area (Å²) in [4.78, 5) is 13.2. The van der Waals surface area contributed by atoms with E-state index in [2.05, 4.69) is 67.5 Å². The highest BCUT2D eigenvalue weighted by Gasteiger charge is 2.19. The van der Waals surface area contributed by atoms with Crippen LogP contribution in [0.3, 0.4) is 0 Å². The Morgan fingerprint density at radius 1 is 1.06 bits per heavy atom. The van der Waals surface area contributed by atoms with Crippen molar-refractivity contribution in [2.24, 2.45) is 0 Å². The summed E-state index contributed by atoms with van der Waals surface area (Å²) < 4.78 is 3.86. The molecule has 7 nitrogen and oxygen atoms in total. The molecule has 0 saturated heterocycles. The van der Waals surface area contributed by atoms with Crippen molar-refractivity contribution in [3.63, 3.8) is 0 Å². The van der Waals surface area contributed by atoms with Crippen molar-refractivity contribution in [1.29, 1.82) is 0 Å². The van der Waals surface area contributed by atoms with Crippen molar-refractivity contribution in [1.82, 2.24) is 29.9 Å².